The maximum absolute atomic E-state index is 11.5. The van der Waals surface area contributed by atoms with Crippen molar-refractivity contribution in [1.82, 2.24) is 0 Å². The average molecular weight is 222 g/mol. The van der Waals surface area contributed by atoms with Gasteiger partial charge in [0.15, 0.2) is 0 Å². The lowest BCUT2D eigenvalue weighted by atomic mass is 9.99. The maximum atomic E-state index is 11.5. The van der Waals surface area contributed by atoms with Crippen LogP contribution in [0.15, 0.2) is 30.3 Å². The largest absolute Gasteiger partial charge is 0.462 e. The minimum Gasteiger partial charge on any atom is -0.462 e. The third kappa shape index (κ3) is 6.23. The Balaban J connectivity index is 0.00000106. The molecular weight excluding hydrogens is 200 g/mol. The molecule has 0 atom stereocenters. The predicted octanol–water partition coefficient (Wildman–Crippen LogP) is 3.92. The summed E-state index contributed by atoms with van der Waals surface area (Å²) in [6.07, 6.45) is 0. The molecule has 1 aromatic carbocycles. The van der Waals surface area contributed by atoms with Crippen LogP contribution in [0.3, 0.4) is 0 Å². The van der Waals surface area contributed by atoms with E-state index in [0.717, 1.165) is 0 Å². The van der Waals surface area contributed by atoms with Crippen molar-refractivity contribution in [3.8, 4) is 0 Å². The maximum Gasteiger partial charge on any atom is 0.338 e. The highest BCUT2D eigenvalue weighted by Crippen LogP contribution is 2.14. The summed E-state index contributed by atoms with van der Waals surface area (Å²) < 4.78 is 5.15. The van der Waals surface area contributed by atoms with Crippen LogP contribution in [0.1, 0.15) is 45.0 Å². The first-order chi connectivity index (χ1) is 7.49. The topological polar surface area (TPSA) is 26.3 Å². The molecule has 0 saturated carbocycles. The number of rotatable bonds is 2. The third-order valence-electron chi connectivity index (χ3n) is 1.65. The smallest absolute Gasteiger partial charge is 0.338 e. The summed E-state index contributed by atoms with van der Waals surface area (Å²) in [5.74, 6) is -0.250. The van der Waals surface area contributed by atoms with Crippen molar-refractivity contribution >= 4 is 5.97 Å². The van der Waals surface area contributed by atoms with Crippen LogP contribution in [0.25, 0.3) is 0 Å². The summed E-state index contributed by atoms with van der Waals surface area (Å²) >= 11 is 0. The van der Waals surface area contributed by atoms with Crippen molar-refractivity contribution in [1.29, 1.82) is 0 Å². The first-order valence-corrected chi connectivity index (χ1v) is 5.71. The molecular formula is C14H22O2. The number of esters is 1. The zero-order valence-electron chi connectivity index (χ0n) is 10.9. The minimum atomic E-state index is -0.250. The molecule has 2 nitrogen and oxygen atoms in total. The number of benzene rings is 1. The van der Waals surface area contributed by atoms with Crippen LogP contribution in [0.5, 0.6) is 0 Å². The van der Waals surface area contributed by atoms with Crippen molar-refractivity contribution in [3.05, 3.63) is 35.9 Å². The highest BCUT2D eigenvalue weighted by Gasteiger charge is 2.14. The fourth-order valence-electron chi connectivity index (χ4n) is 0.940. The van der Waals surface area contributed by atoms with Crippen molar-refractivity contribution in [2.45, 2.75) is 34.6 Å². The predicted molar refractivity (Wildman–Crippen MR) is 67.5 cm³/mol. The molecule has 0 aromatic heterocycles. The van der Waals surface area contributed by atoms with Gasteiger partial charge < -0.3 is 4.74 Å². The molecule has 0 spiro atoms. The second-order valence-corrected chi connectivity index (χ2v) is 4.50. The normalized spacial score (nSPS) is 10.1. The Labute approximate surface area is 98.6 Å². The van der Waals surface area contributed by atoms with E-state index in [4.69, 9.17) is 4.74 Å². The summed E-state index contributed by atoms with van der Waals surface area (Å²) in [5, 5.41) is 0. The second kappa shape index (κ2) is 7.04. The molecule has 16 heavy (non-hydrogen) atoms. The first-order valence-electron chi connectivity index (χ1n) is 5.71. The Hall–Kier alpha value is -1.31. The van der Waals surface area contributed by atoms with Gasteiger partial charge in [0.25, 0.3) is 0 Å². The van der Waals surface area contributed by atoms with E-state index in [1.807, 2.05) is 52.8 Å². The van der Waals surface area contributed by atoms with Gasteiger partial charge in [0, 0.05) is 0 Å². The van der Waals surface area contributed by atoms with Gasteiger partial charge in [0.1, 0.15) is 0 Å². The van der Waals surface area contributed by atoms with Crippen LogP contribution >= 0.6 is 0 Å². The molecule has 0 unspecified atom stereocenters. The van der Waals surface area contributed by atoms with Crippen molar-refractivity contribution < 1.29 is 9.53 Å². The van der Waals surface area contributed by atoms with Gasteiger partial charge in [-0.05, 0) is 17.5 Å². The molecule has 0 aliphatic rings. The Morgan fingerprint density at radius 1 is 1.12 bits per heavy atom. The van der Waals surface area contributed by atoms with E-state index in [-0.39, 0.29) is 11.4 Å². The number of carbonyl (C=O) groups is 1. The summed E-state index contributed by atoms with van der Waals surface area (Å²) in [6.45, 7) is 10.5. The van der Waals surface area contributed by atoms with E-state index in [9.17, 15) is 4.79 Å². The molecule has 0 fully saturated rings. The highest BCUT2D eigenvalue weighted by atomic mass is 16.5. The van der Waals surface area contributed by atoms with E-state index < -0.39 is 0 Å². The highest BCUT2D eigenvalue weighted by molar-refractivity contribution is 5.89. The van der Waals surface area contributed by atoms with Gasteiger partial charge in [-0.1, -0.05) is 52.8 Å². The van der Waals surface area contributed by atoms with Gasteiger partial charge in [-0.3, -0.25) is 0 Å². The van der Waals surface area contributed by atoms with E-state index in [2.05, 4.69) is 0 Å². The molecule has 0 amide bonds. The van der Waals surface area contributed by atoms with Crippen LogP contribution in [0.2, 0.25) is 0 Å². The number of hydrogen-bond donors (Lipinski definition) is 0. The lowest BCUT2D eigenvalue weighted by Crippen LogP contribution is -2.18. The summed E-state index contributed by atoms with van der Waals surface area (Å²) in [5.41, 5.74) is 0.626. The van der Waals surface area contributed by atoms with Crippen molar-refractivity contribution in [2.24, 2.45) is 5.41 Å². The average Bonchev–Trinajstić information content (AvgIpc) is 2.29. The van der Waals surface area contributed by atoms with E-state index in [1.165, 1.54) is 0 Å². The van der Waals surface area contributed by atoms with Crippen LogP contribution in [0.4, 0.5) is 0 Å². The standard InChI is InChI=1S/C12H16O2.C2H6/c1-12(2,3)9-14-11(13)10-7-5-4-6-8-10;1-2/h4-8H,9H2,1-3H3;1-2H3. The SMILES string of the molecule is CC.CC(C)(C)COC(=O)c1ccccc1. The zero-order valence-corrected chi connectivity index (χ0v) is 10.9. The van der Waals surface area contributed by atoms with Crippen LogP contribution < -0.4 is 0 Å². The van der Waals surface area contributed by atoms with E-state index in [0.29, 0.717) is 12.2 Å². The number of hydrogen-bond acceptors (Lipinski definition) is 2. The van der Waals surface area contributed by atoms with Crippen LogP contribution in [0, 0.1) is 5.41 Å². The van der Waals surface area contributed by atoms with Gasteiger partial charge in [-0.2, -0.15) is 0 Å². The van der Waals surface area contributed by atoms with Crippen molar-refractivity contribution in [2.75, 3.05) is 6.61 Å². The monoisotopic (exact) mass is 222 g/mol. The lowest BCUT2D eigenvalue weighted by Gasteiger charge is -2.17. The third-order valence-corrected chi connectivity index (χ3v) is 1.65. The quantitative estimate of drug-likeness (QED) is 0.709. The molecule has 2 heteroatoms. The summed E-state index contributed by atoms with van der Waals surface area (Å²) in [7, 11) is 0. The van der Waals surface area contributed by atoms with Gasteiger partial charge in [0.2, 0.25) is 0 Å². The molecule has 0 aliphatic carbocycles. The second-order valence-electron chi connectivity index (χ2n) is 4.50. The van der Waals surface area contributed by atoms with Gasteiger partial charge in [0.05, 0.1) is 12.2 Å². The lowest BCUT2D eigenvalue weighted by molar-refractivity contribution is 0.0367. The molecule has 1 rings (SSSR count). The number of ether oxygens (including phenoxy) is 1. The summed E-state index contributed by atoms with van der Waals surface area (Å²) in [6, 6.07) is 9.04. The van der Waals surface area contributed by atoms with E-state index >= 15 is 0 Å². The molecule has 0 heterocycles. The Bertz CT molecular complexity index is 296. The molecule has 0 N–H and O–H groups in total. The first kappa shape index (κ1) is 14.7. The molecule has 90 valence electrons. The zero-order chi connectivity index (χ0) is 12.6. The molecule has 1 aromatic rings. The Morgan fingerprint density at radius 2 is 1.62 bits per heavy atom. The van der Waals surface area contributed by atoms with Crippen LogP contribution in [-0.4, -0.2) is 12.6 Å². The molecule has 0 radical (unpaired) electrons. The molecule has 0 bridgehead atoms. The fourth-order valence-corrected chi connectivity index (χ4v) is 0.940. The van der Waals surface area contributed by atoms with Gasteiger partial charge in [-0.15, -0.1) is 0 Å². The molecule has 0 saturated heterocycles. The van der Waals surface area contributed by atoms with Crippen LogP contribution in [-0.2, 0) is 4.74 Å². The van der Waals surface area contributed by atoms with Crippen molar-refractivity contribution in [3.63, 3.8) is 0 Å². The Kier molecular flexibility index (Phi) is 6.47. The van der Waals surface area contributed by atoms with Gasteiger partial charge >= 0.3 is 5.97 Å². The fraction of sp³-hybridized carbons (Fsp3) is 0.500. The minimum absolute atomic E-state index is 0.0183. The summed E-state index contributed by atoms with van der Waals surface area (Å²) in [4.78, 5) is 11.5. The van der Waals surface area contributed by atoms with Gasteiger partial charge in [-0.25, -0.2) is 4.79 Å². The molecule has 0 aliphatic heterocycles. The van der Waals surface area contributed by atoms with E-state index in [1.54, 1.807) is 12.1 Å². The number of carbonyl (C=O) groups excluding carboxylic acids is 1. The Morgan fingerprint density at radius 3 is 2.06 bits per heavy atom.